The highest BCUT2D eigenvalue weighted by molar-refractivity contribution is 6.29. The average Bonchev–Trinajstić information content (AvgIpc) is 2.36. The molecule has 20 heavy (non-hydrogen) atoms. The zero-order valence-corrected chi connectivity index (χ0v) is 13.3. The molecular formula is C15H23ClN2O2. The van der Waals surface area contributed by atoms with Crippen LogP contribution in [0.4, 0.5) is 0 Å². The Morgan fingerprint density at radius 2 is 2.05 bits per heavy atom. The summed E-state index contributed by atoms with van der Waals surface area (Å²) >= 11 is 5.95. The first-order valence-electron chi connectivity index (χ1n) is 6.97. The van der Waals surface area contributed by atoms with Gasteiger partial charge in [0.05, 0.1) is 6.10 Å². The molecule has 1 aromatic rings. The first-order valence-corrected chi connectivity index (χ1v) is 7.35. The molecule has 0 unspecified atom stereocenters. The smallest absolute Gasteiger partial charge is 0.251 e. The molecule has 0 aliphatic rings. The summed E-state index contributed by atoms with van der Waals surface area (Å²) in [5.41, 5.74) is 1.38. The molecule has 0 fully saturated rings. The molecule has 0 bridgehead atoms. The van der Waals surface area contributed by atoms with Gasteiger partial charge >= 0.3 is 0 Å². The first kappa shape index (κ1) is 16.9. The number of amides is 1. The van der Waals surface area contributed by atoms with Crippen LogP contribution in [0, 0.1) is 0 Å². The molecule has 5 heteroatoms. The lowest BCUT2D eigenvalue weighted by Crippen LogP contribution is -2.25. The van der Waals surface area contributed by atoms with Gasteiger partial charge in [0.2, 0.25) is 0 Å². The van der Waals surface area contributed by atoms with E-state index in [1.807, 2.05) is 27.7 Å². The van der Waals surface area contributed by atoms with Crippen LogP contribution in [0.5, 0.6) is 0 Å². The summed E-state index contributed by atoms with van der Waals surface area (Å²) in [6, 6.07) is 3.38. The van der Waals surface area contributed by atoms with Gasteiger partial charge in [0, 0.05) is 24.4 Å². The Morgan fingerprint density at radius 1 is 1.35 bits per heavy atom. The maximum atomic E-state index is 12.0. The van der Waals surface area contributed by atoms with Crippen LogP contribution in [0.1, 0.15) is 56.1 Å². The molecule has 0 aliphatic carbocycles. The number of hydrogen-bond donors (Lipinski definition) is 1. The molecule has 0 atom stereocenters. The number of carbonyl (C=O) groups excluding carboxylic acids is 1. The molecule has 0 saturated heterocycles. The van der Waals surface area contributed by atoms with Gasteiger partial charge in [0.15, 0.2) is 0 Å². The van der Waals surface area contributed by atoms with E-state index >= 15 is 0 Å². The molecule has 0 aliphatic heterocycles. The van der Waals surface area contributed by atoms with Crippen molar-refractivity contribution in [3.05, 3.63) is 28.5 Å². The number of nitrogens with zero attached hydrogens (tertiary/aromatic N) is 1. The van der Waals surface area contributed by atoms with Crippen molar-refractivity contribution in [3.8, 4) is 0 Å². The second-order valence-corrected chi connectivity index (χ2v) is 5.67. The maximum Gasteiger partial charge on any atom is 0.251 e. The van der Waals surface area contributed by atoms with Crippen LogP contribution in [0.2, 0.25) is 5.15 Å². The van der Waals surface area contributed by atoms with Crippen LogP contribution in [-0.2, 0) is 4.74 Å². The van der Waals surface area contributed by atoms with Crippen LogP contribution >= 0.6 is 11.6 Å². The molecular weight excluding hydrogens is 276 g/mol. The van der Waals surface area contributed by atoms with E-state index in [1.54, 1.807) is 12.1 Å². The van der Waals surface area contributed by atoms with Crippen LogP contribution in [0.25, 0.3) is 0 Å². The number of nitrogens with one attached hydrogen (secondary N) is 1. The second kappa shape index (κ2) is 8.22. The topological polar surface area (TPSA) is 51.2 Å². The van der Waals surface area contributed by atoms with E-state index in [-0.39, 0.29) is 17.9 Å². The molecule has 0 spiro atoms. The van der Waals surface area contributed by atoms with Crippen LogP contribution in [0.15, 0.2) is 12.1 Å². The average molecular weight is 299 g/mol. The third kappa shape index (κ3) is 5.88. The van der Waals surface area contributed by atoms with Gasteiger partial charge in [-0.15, -0.1) is 0 Å². The number of rotatable bonds is 7. The number of hydrogen-bond acceptors (Lipinski definition) is 3. The van der Waals surface area contributed by atoms with Gasteiger partial charge in [0.1, 0.15) is 5.15 Å². The molecule has 1 heterocycles. The van der Waals surface area contributed by atoms with Gasteiger partial charge in [-0.1, -0.05) is 25.4 Å². The molecule has 1 rings (SSSR count). The Kier molecular flexibility index (Phi) is 6.96. The Hall–Kier alpha value is -1.13. The number of pyridine rings is 1. The van der Waals surface area contributed by atoms with Gasteiger partial charge in [0.25, 0.3) is 5.91 Å². The predicted molar refractivity (Wildman–Crippen MR) is 81.4 cm³/mol. The summed E-state index contributed by atoms with van der Waals surface area (Å²) < 4.78 is 5.42. The minimum atomic E-state index is -0.124. The lowest BCUT2D eigenvalue weighted by Gasteiger charge is -2.10. The zero-order chi connectivity index (χ0) is 15.1. The maximum absolute atomic E-state index is 12.0. The molecule has 112 valence electrons. The van der Waals surface area contributed by atoms with E-state index < -0.39 is 0 Å². The molecule has 1 amide bonds. The van der Waals surface area contributed by atoms with E-state index in [0.717, 1.165) is 12.1 Å². The Morgan fingerprint density at radius 3 is 2.65 bits per heavy atom. The van der Waals surface area contributed by atoms with E-state index in [2.05, 4.69) is 10.3 Å². The number of carbonyl (C=O) groups is 1. The first-order chi connectivity index (χ1) is 9.40. The minimum Gasteiger partial charge on any atom is -0.379 e. The van der Waals surface area contributed by atoms with Gasteiger partial charge < -0.3 is 10.1 Å². The Bertz CT molecular complexity index is 447. The number of halogens is 1. The van der Waals surface area contributed by atoms with Gasteiger partial charge in [-0.2, -0.15) is 0 Å². The van der Waals surface area contributed by atoms with Crippen molar-refractivity contribution in [1.82, 2.24) is 10.3 Å². The summed E-state index contributed by atoms with van der Waals surface area (Å²) in [4.78, 5) is 16.2. The van der Waals surface area contributed by atoms with E-state index in [9.17, 15) is 4.79 Å². The quantitative estimate of drug-likeness (QED) is 0.620. The molecule has 1 aromatic heterocycles. The van der Waals surface area contributed by atoms with Gasteiger partial charge in [-0.3, -0.25) is 4.79 Å². The van der Waals surface area contributed by atoms with Crippen LogP contribution < -0.4 is 5.32 Å². The van der Waals surface area contributed by atoms with Gasteiger partial charge in [-0.05, 0) is 38.3 Å². The van der Waals surface area contributed by atoms with Crippen LogP contribution in [-0.4, -0.2) is 30.1 Å². The van der Waals surface area contributed by atoms with E-state index in [0.29, 0.717) is 23.9 Å². The second-order valence-electron chi connectivity index (χ2n) is 5.29. The van der Waals surface area contributed by atoms with Crippen molar-refractivity contribution in [2.75, 3.05) is 13.2 Å². The molecule has 4 nitrogen and oxygen atoms in total. The Labute approximate surface area is 125 Å². The van der Waals surface area contributed by atoms with E-state index in [4.69, 9.17) is 16.3 Å². The fourth-order valence-corrected chi connectivity index (χ4v) is 1.85. The summed E-state index contributed by atoms with van der Waals surface area (Å²) in [7, 11) is 0. The highest BCUT2D eigenvalue weighted by Gasteiger charge is 2.10. The SMILES string of the molecule is CC(C)OCCCNC(=O)c1cc(Cl)nc(C(C)C)c1. The van der Waals surface area contributed by atoms with Gasteiger partial charge in [-0.25, -0.2) is 4.98 Å². The normalized spacial score (nSPS) is 11.2. The van der Waals surface area contributed by atoms with Crippen molar-refractivity contribution >= 4 is 17.5 Å². The third-order valence-electron chi connectivity index (χ3n) is 2.73. The molecule has 0 saturated carbocycles. The van der Waals surface area contributed by atoms with Crippen molar-refractivity contribution in [2.45, 2.75) is 46.1 Å². The standard InChI is InChI=1S/C15H23ClN2O2/c1-10(2)13-8-12(9-14(16)18-13)15(19)17-6-5-7-20-11(3)4/h8-11H,5-7H2,1-4H3,(H,17,19). The molecule has 0 radical (unpaired) electrons. The van der Waals surface area contributed by atoms with E-state index in [1.165, 1.54) is 0 Å². The third-order valence-corrected chi connectivity index (χ3v) is 2.92. The van der Waals surface area contributed by atoms with Crippen molar-refractivity contribution in [1.29, 1.82) is 0 Å². The van der Waals surface area contributed by atoms with Crippen molar-refractivity contribution in [2.24, 2.45) is 0 Å². The lowest BCUT2D eigenvalue weighted by atomic mass is 10.1. The fraction of sp³-hybridized carbons (Fsp3) is 0.600. The number of ether oxygens (including phenoxy) is 1. The Balaban J connectivity index is 2.51. The highest BCUT2D eigenvalue weighted by Crippen LogP contribution is 2.17. The monoisotopic (exact) mass is 298 g/mol. The molecule has 0 aromatic carbocycles. The van der Waals surface area contributed by atoms with Crippen molar-refractivity contribution < 1.29 is 9.53 Å². The minimum absolute atomic E-state index is 0.124. The lowest BCUT2D eigenvalue weighted by molar-refractivity contribution is 0.0757. The summed E-state index contributed by atoms with van der Waals surface area (Å²) in [6.07, 6.45) is 1.01. The predicted octanol–water partition coefficient (Wildman–Crippen LogP) is 3.40. The largest absolute Gasteiger partial charge is 0.379 e. The zero-order valence-electron chi connectivity index (χ0n) is 12.6. The van der Waals surface area contributed by atoms with Crippen LogP contribution in [0.3, 0.4) is 0 Å². The highest BCUT2D eigenvalue weighted by atomic mass is 35.5. The summed E-state index contributed by atoms with van der Waals surface area (Å²) in [6.45, 7) is 9.25. The molecule has 1 N–H and O–H groups in total. The van der Waals surface area contributed by atoms with Crippen molar-refractivity contribution in [3.63, 3.8) is 0 Å². The number of aromatic nitrogens is 1. The summed E-state index contributed by atoms with van der Waals surface area (Å²) in [5.74, 6) is 0.112. The summed E-state index contributed by atoms with van der Waals surface area (Å²) in [5, 5.41) is 3.21. The fourth-order valence-electron chi connectivity index (χ4n) is 1.64.